The lowest BCUT2D eigenvalue weighted by atomic mass is 9.91. The van der Waals surface area contributed by atoms with E-state index in [0.717, 1.165) is 61.1 Å². The number of aromatic nitrogens is 2. The summed E-state index contributed by atoms with van der Waals surface area (Å²) in [6.45, 7) is 4.79. The van der Waals surface area contributed by atoms with Crippen LogP contribution >= 0.6 is 35.6 Å². The summed E-state index contributed by atoms with van der Waals surface area (Å²) >= 11 is 12.3. The third kappa shape index (κ3) is 5.20. The number of amides is 1. The van der Waals surface area contributed by atoms with Crippen LogP contribution < -0.4 is 10.2 Å². The zero-order valence-electron chi connectivity index (χ0n) is 18.8. The molecule has 0 spiro atoms. The molecular weight excluding hydrogens is 493 g/mol. The van der Waals surface area contributed by atoms with E-state index < -0.39 is 0 Å². The van der Waals surface area contributed by atoms with E-state index in [4.69, 9.17) is 23.2 Å². The summed E-state index contributed by atoms with van der Waals surface area (Å²) in [7, 11) is 0. The topological polar surface area (TPSA) is 53.4 Å². The number of piperidine rings is 1. The lowest BCUT2D eigenvalue weighted by Gasteiger charge is -2.36. The molecule has 180 valence electrons. The van der Waals surface area contributed by atoms with Crippen LogP contribution in [0.15, 0.2) is 54.7 Å². The average Bonchev–Trinajstić information content (AvgIpc) is 3.30. The molecule has 6 nitrogen and oxygen atoms in total. The molecule has 0 bridgehead atoms. The molecule has 0 aliphatic carbocycles. The first-order chi connectivity index (χ1) is 16.1. The van der Waals surface area contributed by atoms with E-state index in [1.54, 1.807) is 6.20 Å². The normalized spacial score (nSPS) is 16.9. The van der Waals surface area contributed by atoms with E-state index >= 15 is 0 Å². The molecule has 2 saturated heterocycles. The smallest absolute Gasteiger partial charge is 0.257 e. The highest BCUT2D eigenvalue weighted by atomic mass is 35.5. The Morgan fingerprint density at radius 2 is 1.62 bits per heavy atom. The third-order valence-corrected chi connectivity index (χ3v) is 7.06. The molecule has 2 aliphatic heterocycles. The Balaban J connectivity index is 0.00000274. The Morgan fingerprint density at radius 1 is 0.912 bits per heavy atom. The number of piperazine rings is 1. The van der Waals surface area contributed by atoms with Gasteiger partial charge in [-0.25, -0.2) is 4.68 Å². The second kappa shape index (κ2) is 11.0. The van der Waals surface area contributed by atoms with Crippen LogP contribution in [0.5, 0.6) is 0 Å². The van der Waals surface area contributed by atoms with Crippen molar-refractivity contribution in [3.05, 3.63) is 76.0 Å². The van der Waals surface area contributed by atoms with Gasteiger partial charge >= 0.3 is 0 Å². The van der Waals surface area contributed by atoms with Crippen LogP contribution in [-0.4, -0.2) is 59.9 Å². The van der Waals surface area contributed by atoms with E-state index in [9.17, 15) is 4.79 Å². The summed E-state index contributed by atoms with van der Waals surface area (Å²) in [5.41, 5.74) is 3.76. The zero-order chi connectivity index (χ0) is 22.8. The third-order valence-electron chi connectivity index (χ3n) is 6.57. The first-order valence-corrected chi connectivity index (χ1v) is 12.2. The number of hydrogen-bond acceptors (Lipinski definition) is 4. The van der Waals surface area contributed by atoms with Gasteiger partial charge in [0.05, 0.1) is 23.1 Å². The molecule has 3 heterocycles. The number of rotatable bonds is 4. The predicted octanol–water partition coefficient (Wildman–Crippen LogP) is 5.03. The van der Waals surface area contributed by atoms with E-state index in [-0.39, 0.29) is 24.2 Å². The van der Waals surface area contributed by atoms with Crippen molar-refractivity contribution >= 4 is 47.2 Å². The van der Waals surface area contributed by atoms with Crippen molar-refractivity contribution in [1.29, 1.82) is 0 Å². The Bertz CT molecular complexity index is 1120. The predicted molar refractivity (Wildman–Crippen MR) is 140 cm³/mol. The van der Waals surface area contributed by atoms with Crippen LogP contribution in [-0.2, 0) is 0 Å². The molecule has 0 saturated carbocycles. The molecule has 2 aromatic carbocycles. The summed E-state index contributed by atoms with van der Waals surface area (Å²) < 4.78 is 1.93. The number of anilines is 1. The lowest BCUT2D eigenvalue weighted by Crippen LogP contribution is -2.49. The number of nitrogens with zero attached hydrogens (tertiary/aromatic N) is 4. The molecule has 5 rings (SSSR count). The fourth-order valence-electron chi connectivity index (χ4n) is 4.81. The molecule has 0 unspecified atom stereocenters. The molecule has 1 N–H and O–H groups in total. The first-order valence-electron chi connectivity index (χ1n) is 11.4. The molecule has 9 heteroatoms. The largest absolute Gasteiger partial charge is 0.368 e. The molecule has 34 heavy (non-hydrogen) atoms. The van der Waals surface area contributed by atoms with Crippen molar-refractivity contribution in [3.63, 3.8) is 0 Å². The number of benzene rings is 2. The summed E-state index contributed by atoms with van der Waals surface area (Å²) in [6.07, 6.45) is 3.72. The summed E-state index contributed by atoms with van der Waals surface area (Å²) in [6, 6.07) is 15.5. The molecule has 2 aliphatic rings. The lowest BCUT2D eigenvalue weighted by molar-refractivity contribution is 0.0744. The van der Waals surface area contributed by atoms with E-state index in [0.29, 0.717) is 23.7 Å². The van der Waals surface area contributed by atoms with Gasteiger partial charge in [0.2, 0.25) is 0 Å². The van der Waals surface area contributed by atoms with Crippen LogP contribution in [0.1, 0.15) is 34.8 Å². The van der Waals surface area contributed by atoms with Gasteiger partial charge in [0.25, 0.3) is 5.91 Å². The van der Waals surface area contributed by atoms with Gasteiger partial charge in [0.15, 0.2) is 0 Å². The highest BCUT2D eigenvalue weighted by Crippen LogP contribution is 2.31. The van der Waals surface area contributed by atoms with E-state index in [1.165, 1.54) is 0 Å². The highest BCUT2D eigenvalue weighted by molar-refractivity contribution is 6.31. The molecule has 2 fully saturated rings. The average molecular weight is 521 g/mol. The monoisotopic (exact) mass is 519 g/mol. The van der Waals surface area contributed by atoms with Gasteiger partial charge < -0.3 is 15.1 Å². The molecule has 1 aromatic heterocycles. The van der Waals surface area contributed by atoms with Gasteiger partial charge in [-0.15, -0.1) is 12.4 Å². The summed E-state index contributed by atoms with van der Waals surface area (Å²) in [5.74, 6) is 0.352. The van der Waals surface area contributed by atoms with Crippen molar-refractivity contribution in [2.75, 3.05) is 44.2 Å². The second-order valence-electron chi connectivity index (χ2n) is 8.62. The van der Waals surface area contributed by atoms with Crippen molar-refractivity contribution < 1.29 is 4.79 Å². The van der Waals surface area contributed by atoms with Gasteiger partial charge in [0.1, 0.15) is 0 Å². The maximum absolute atomic E-state index is 13.7. The number of carbonyl (C=O) groups excluding carboxylic acids is 1. The summed E-state index contributed by atoms with van der Waals surface area (Å²) in [5, 5.41) is 9.49. The van der Waals surface area contributed by atoms with Crippen LogP contribution in [0.4, 0.5) is 5.69 Å². The van der Waals surface area contributed by atoms with Crippen LogP contribution in [0.2, 0.25) is 10.0 Å². The van der Waals surface area contributed by atoms with Gasteiger partial charge in [-0.05, 0) is 68.4 Å². The SMILES string of the molecule is Cl.O=C(c1cnn(-c2ccc(Cl)cc2)c1C1CCNCC1)N1CCN(c2cccc(Cl)c2)CC1. The van der Waals surface area contributed by atoms with E-state index in [2.05, 4.69) is 21.4 Å². The van der Waals surface area contributed by atoms with E-state index in [1.807, 2.05) is 52.0 Å². The van der Waals surface area contributed by atoms with Crippen molar-refractivity contribution in [3.8, 4) is 5.69 Å². The number of halogens is 3. The first kappa shape index (κ1) is 24.9. The fraction of sp³-hybridized carbons (Fsp3) is 0.360. The Hall–Kier alpha value is -2.25. The molecule has 3 aromatic rings. The standard InChI is InChI=1S/C25H27Cl2N5O.ClH/c26-19-4-6-21(7-5-19)32-24(18-8-10-28-11-9-18)23(17-29-32)25(33)31-14-12-30(13-15-31)22-3-1-2-20(27)16-22;/h1-7,16-18,28H,8-15H2;1H. The molecule has 0 atom stereocenters. The van der Waals surface area contributed by atoms with Crippen molar-refractivity contribution in [1.82, 2.24) is 20.0 Å². The van der Waals surface area contributed by atoms with Crippen LogP contribution in [0, 0.1) is 0 Å². The minimum atomic E-state index is 0. The quantitative estimate of drug-likeness (QED) is 0.524. The van der Waals surface area contributed by atoms with Gasteiger partial charge in [-0.2, -0.15) is 5.10 Å². The zero-order valence-corrected chi connectivity index (χ0v) is 21.1. The Labute approximate surface area is 216 Å². The van der Waals surface area contributed by atoms with Crippen molar-refractivity contribution in [2.24, 2.45) is 0 Å². The van der Waals surface area contributed by atoms with Crippen molar-refractivity contribution in [2.45, 2.75) is 18.8 Å². The molecule has 0 radical (unpaired) electrons. The molecular formula is C25H28Cl3N5O. The number of carbonyl (C=O) groups is 1. The molecule has 1 amide bonds. The Kier molecular flexibility index (Phi) is 8.04. The number of nitrogens with one attached hydrogen (secondary N) is 1. The highest BCUT2D eigenvalue weighted by Gasteiger charge is 2.30. The minimum absolute atomic E-state index is 0. The van der Waals surface area contributed by atoms with Gasteiger partial charge in [0, 0.05) is 47.8 Å². The van der Waals surface area contributed by atoms with Crippen LogP contribution in [0.25, 0.3) is 5.69 Å². The second-order valence-corrected chi connectivity index (χ2v) is 9.49. The fourth-order valence-corrected chi connectivity index (χ4v) is 5.12. The maximum atomic E-state index is 13.7. The number of hydrogen-bond donors (Lipinski definition) is 1. The van der Waals surface area contributed by atoms with Crippen LogP contribution in [0.3, 0.4) is 0 Å². The summed E-state index contributed by atoms with van der Waals surface area (Å²) in [4.78, 5) is 17.9. The maximum Gasteiger partial charge on any atom is 0.257 e. The minimum Gasteiger partial charge on any atom is -0.368 e. The van der Waals surface area contributed by atoms with Gasteiger partial charge in [-0.1, -0.05) is 29.3 Å². The van der Waals surface area contributed by atoms with Gasteiger partial charge in [-0.3, -0.25) is 4.79 Å². The Morgan fingerprint density at radius 3 is 2.29 bits per heavy atom.